The van der Waals surface area contributed by atoms with Crippen LogP contribution in [0.3, 0.4) is 0 Å². The number of thioether (sulfide) groups is 1. The molecule has 30 heavy (non-hydrogen) atoms. The number of nitrogens with one attached hydrogen (secondary N) is 3. The molecule has 3 N–H and O–H groups in total. The maximum Gasteiger partial charge on any atom is 0.255 e. The number of fused-ring (bicyclic) bond motifs is 1. The predicted octanol–water partition coefficient (Wildman–Crippen LogP) is 4.51. The van der Waals surface area contributed by atoms with Crippen molar-refractivity contribution in [3.8, 4) is 0 Å². The molecule has 2 atom stereocenters. The Bertz CT molecular complexity index is 1070. The number of benzene rings is 3. The van der Waals surface area contributed by atoms with Crippen LogP contribution in [0.25, 0.3) is 0 Å². The quantitative estimate of drug-likeness (QED) is 0.511. The van der Waals surface area contributed by atoms with E-state index in [0.717, 1.165) is 10.6 Å². The summed E-state index contributed by atoms with van der Waals surface area (Å²) in [5.41, 5.74) is 2.45. The lowest BCUT2D eigenvalue weighted by atomic mass is 10.1. The van der Waals surface area contributed by atoms with Crippen molar-refractivity contribution in [2.45, 2.75) is 22.0 Å². The van der Waals surface area contributed by atoms with Gasteiger partial charge in [-0.1, -0.05) is 18.2 Å². The lowest BCUT2D eigenvalue weighted by Gasteiger charge is -2.21. The third-order valence-electron chi connectivity index (χ3n) is 4.48. The van der Waals surface area contributed by atoms with Crippen LogP contribution in [0.1, 0.15) is 17.3 Å². The molecule has 6 nitrogen and oxygen atoms in total. The predicted molar refractivity (Wildman–Crippen MR) is 121 cm³/mol. The third kappa shape index (κ3) is 4.62. The maximum atomic E-state index is 12.6. The normalized spacial score (nSPS) is 16.2. The standard InChI is InChI=1S/C22H19N3O3S2/c1-14-21(26)24-19-13-15(7-12-20(19)29-14)22(27)23-16-8-10-18(11-9-16)30(28)25-17-5-3-2-4-6-17/h2-14,25H,1H3,(H,23,27)(H,24,26). The van der Waals surface area contributed by atoms with Crippen LogP contribution in [0.5, 0.6) is 0 Å². The van der Waals surface area contributed by atoms with Gasteiger partial charge in [-0.25, -0.2) is 4.72 Å². The zero-order valence-electron chi connectivity index (χ0n) is 16.0. The molecule has 1 aliphatic rings. The highest BCUT2D eigenvalue weighted by molar-refractivity contribution is 8.01. The van der Waals surface area contributed by atoms with Gasteiger partial charge >= 0.3 is 0 Å². The summed E-state index contributed by atoms with van der Waals surface area (Å²) in [6.07, 6.45) is 0. The number of anilines is 3. The van der Waals surface area contributed by atoms with E-state index in [1.54, 1.807) is 36.4 Å². The van der Waals surface area contributed by atoms with E-state index in [1.165, 1.54) is 11.8 Å². The van der Waals surface area contributed by atoms with Gasteiger partial charge in [-0.05, 0) is 61.5 Å². The molecule has 0 aliphatic carbocycles. The van der Waals surface area contributed by atoms with E-state index >= 15 is 0 Å². The van der Waals surface area contributed by atoms with E-state index in [0.29, 0.717) is 21.8 Å². The number of amides is 2. The smallest absolute Gasteiger partial charge is 0.255 e. The van der Waals surface area contributed by atoms with Crippen LogP contribution in [-0.4, -0.2) is 21.6 Å². The topological polar surface area (TPSA) is 93.3 Å². The number of carbonyl (C=O) groups is 2. The first-order valence-electron chi connectivity index (χ1n) is 9.26. The van der Waals surface area contributed by atoms with Gasteiger partial charge in [-0.2, -0.15) is 0 Å². The van der Waals surface area contributed by atoms with Crippen molar-refractivity contribution in [1.29, 1.82) is 0 Å². The summed E-state index contributed by atoms with van der Waals surface area (Å²) in [6, 6.07) is 21.4. The van der Waals surface area contributed by atoms with Gasteiger partial charge in [0.25, 0.3) is 5.91 Å². The molecule has 2 unspecified atom stereocenters. The molecule has 152 valence electrons. The van der Waals surface area contributed by atoms with Gasteiger partial charge in [-0.3, -0.25) is 9.59 Å². The van der Waals surface area contributed by atoms with Crippen molar-refractivity contribution in [2.24, 2.45) is 0 Å². The average molecular weight is 438 g/mol. The zero-order valence-corrected chi connectivity index (χ0v) is 17.7. The number of hydrogen-bond acceptors (Lipinski definition) is 5. The molecular formula is C22H19N3O3S2. The first-order valence-corrected chi connectivity index (χ1v) is 11.3. The molecule has 2 amide bonds. The van der Waals surface area contributed by atoms with Gasteiger partial charge in [0.1, 0.15) is 11.4 Å². The highest BCUT2D eigenvalue weighted by Gasteiger charge is 2.23. The van der Waals surface area contributed by atoms with Crippen molar-refractivity contribution in [3.05, 3.63) is 78.4 Å². The number of carbonyl (C=O) groups excluding carboxylic acids is 2. The minimum absolute atomic E-state index is 0.0715. The molecule has 0 saturated heterocycles. The van der Waals surface area contributed by atoms with E-state index in [4.69, 9.17) is 0 Å². The summed E-state index contributed by atoms with van der Waals surface area (Å²) >= 11 is 0.0659. The average Bonchev–Trinajstić information content (AvgIpc) is 2.75. The summed E-state index contributed by atoms with van der Waals surface area (Å²) in [4.78, 5) is 26.0. The molecule has 0 bridgehead atoms. The molecule has 4 rings (SSSR count). The van der Waals surface area contributed by atoms with Gasteiger partial charge in [0.2, 0.25) is 5.91 Å². The van der Waals surface area contributed by atoms with Gasteiger partial charge in [0.05, 0.1) is 16.6 Å². The Morgan fingerprint density at radius 1 is 1.03 bits per heavy atom. The highest BCUT2D eigenvalue weighted by atomic mass is 32.2. The Kier molecular flexibility index (Phi) is 5.98. The Hall–Kier alpha value is -2.94. The second-order valence-corrected chi connectivity index (χ2v) is 9.27. The summed E-state index contributed by atoms with van der Waals surface area (Å²) in [6.45, 7) is 1.84. The Morgan fingerprint density at radius 3 is 2.50 bits per heavy atom. The molecule has 3 aromatic carbocycles. The van der Waals surface area contributed by atoms with Crippen LogP contribution in [0, 0.1) is 0 Å². The minimum Gasteiger partial charge on any atom is -0.588 e. The second kappa shape index (κ2) is 8.83. The molecule has 0 fully saturated rings. The van der Waals surface area contributed by atoms with Crippen LogP contribution in [0.2, 0.25) is 0 Å². The molecule has 3 aromatic rings. The maximum absolute atomic E-state index is 12.6. The molecular weight excluding hydrogens is 418 g/mol. The second-order valence-electron chi connectivity index (χ2n) is 6.68. The molecule has 1 heterocycles. The number of para-hydroxylation sites is 1. The van der Waals surface area contributed by atoms with E-state index < -0.39 is 11.4 Å². The lowest BCUT2D eigenvalue weighted by Crippen LogP contribution is -2.26. The third-order valence-corrected chi connectivity index (χ3v) is 6.78. The molecule has 8 heteroatoms. The summed E-state index contributed by atoms with van der Waals surface area (Å²) in [5, 5.41) is 5.50. The number of hydrogen-bond donors (Lipinski definition) is 3. The van der Waals surface area contributed by atoms with E-state index in [1.807, 2.05) is 43.3 Å². The van der Waals surface area contributed by atoms with Crippen molar-refractivity contribution in [3.63, 3.8) is 0 Å². The molecule has 1 aliphatic heterocycles. The zero-order chi connectivity index (χ0) is 21.1. The van der Waals surface area contributed by atoms with Crippen molar-refractivity contribution < 1.29 is 14.1 Å². The van der Waals surface area contributed by atoms with Crippen molar-refractivity contribution in [2.75, 3.05) is 15.4 Å². The summed E-state index contributed by atoms with van der Waals surface area (Å²) in [5.74, 6) is -0.357. The Morgan fingerprint density at radius 2 is 1.77 bits per heavy atom. The van der Waals surface area contributed by atoms with Crippen LogP contribution in [0.15, 0.2) is 82.6 Å². The molecule has 0 saturated carbocycles. The van der Waals surface area contributed by atoms with E-state index in [-0.39, 0.29) is 17.1 Å². The van der Waals surface area contributed by atoms with Crippen molar-refractivity contribution >= 4 is 52.0 Å². The van der Waals surface area contributed by atoms with Crippen LogP contribution < -0.4 is 15.4 Å². The number of rotatable bonds is 5. The van der Waals surface area contributed by atoms with Crippen LogP contribution in [0.4, 0.5) is 17.1 Å². The summed E-state index contributed by atoms with van der Waals surface area (Å²) < 4.78 is 15.4. The fourth-order valence-corrected chi connectivity index (χ4v) is 4.67. The van der Waals surface area contributed by atoms with Gasteiger partial charge < -0.3 is 15.2 Å². The fourth-order valence-electron chi connectivity index (χ4n) is 2.89. The van der Waals surface area contributed by atoms with Gasteiger partial charge in [0.15, 0.2) is 4.90 Å². The molecule has 0 spiro atoms. The SMILES string of the molecule is CC1Sc2ccc(C(=O)Nc3ccc([S+]([O-])Nc4ccccc4)cc3)cc2NC1=O. The van der Waals surface area contributed by atoms with Gasteiger partial charge in [0, 0.05) is 16.1 Å². The fraction of sp³-hybridized carbons (Fsp3) is 0.0909. The van der Waals surface area contributed by atoms with Crippen LogP contribution in [-0.2, 0) is 16.2 Å². The Balaban J connectivity index is 1.41. The monoisotopic (exact) mass is 437 g/mol. The van der Waals surface area contributed by atoms with Crippen LogP contribution >= 0.6 is 11.8 Å². The van der Waals surface area contributed by atoms with E-state index in [2.05, 4.69) is 15.4 Å². The first-order chi connectivity index (χ1) is 14.5. The van der Waals surface area contributed by atoms with Crippen molar-refractivity contribution in [1.82, 2.24) is 0 Å². The first kappa shape index (κ1) is 20.3. The summed E-state index contributed by atoms with van der Waals surface area (Å²) in [7, 11) is 0. The van der Waals surface area contributed by atoms with Gasteiger partial charge in [-0.15, -0.1) is 11.8 Å². The largest absolute Gasteiger partial charge is 0.588 e. The molecule has 0 radical (unpaired) electrons. The highest BCUT2D eigenvalue weighted by Crippen LogP contribution is 2.36. The molecule has 0 aromatic heterocycles. The van der Waals surface area contributed by atoms with E-state index in [9.17, 15) is 14.1 Å². The minimum atomic E-state index is -1.40. The Labute approximate surface area is 181 Å². The lowest BCUT2D eigenvalue weighted by molar-refractivity contribution is -0.115.